The van der Waals surface area contributed by atoms with Gasteiger partial charge in [0.2, 0.25) is 0 Å². The summed E-state index contributed by atoms with van der Waals surface area (Å²) >= 11 is 0. The first-order chi connectivity index (χ1) is 12.7. The van der Waals surface area contributed by atoms with Crippen molar-refractivity contribution in [3.05, 3.63) is 11.6 Å². The summed E-state index contributed by atoms with van der Waals surface area (Å²) in [6.45, 7) is 9.29. The van der Waals surface area contributed by atoms with Crippen molar-refractivity contribution >= 4 is 0 Å². The highest BCUT2D eigenvalue weighted by Crippen LogP contribution is 2.63. The van der Waals surface area contributed by atoms with Gasteiger partial charge in [-0.15, -0.1) is 0 Å². The molecule has 7 unspecified atom stereocenters. The summed E-state index contributed by atoms with van der Waals surface area (Å²) in [7, 11) is 0. The fourth-order valence-corrected chi connectivity index (χ4v) is 8.31. The Morgan fingerprint density at radius 2 is 1.85 bits per heavy atom. The molecule has 0 aromatic rings. The maximum Gasteiger partial charge on any atom is 0.0594 e. The van der Waals surface area contributed by atoms with Crippen molar-refractivity contribution in [2.45, 2.75) is 77.7 Å². The summed E-state index contributed by atoms with van der Waals surface area (Å²) in [6, 6.07) is 0.866. The third-order valence-electron chi connectivity index (χ3n) is 9.61. The molecule has 0 bridgehead atoms. The number of ether oxygens (including phenoxy) is 1. The second-order valence-corrected chi connectivity index (χ2v) is 10.3. The van der Waals surface area contributed by atoms with E-state index < -0.39 is 0 Å². The van der Waals surface area contributed by atoms with Gasteiger partial charge in [-0.3, -0.25) is 4.90 Å². The summed E-state index contributed by atoms with van der Waals surface area (Å²) < 4.78 is 5.59. The third kappa shape index (κ3) is 2.73. The summed E-state index contributed by atoms with van der Waals surface area (Å²) in [5.74, 6) is 5.16. The lowest BCUT2D eigenvalue weighted by Gasteiger charge is -2.56. The van der Waals surface area contributed by atoms with Crippen LogP contribution in [0.4, 0.5) is 0 Å². The molecular weight excluding hydrogens is 318 g/mol. The maximum absolute atomic E-state index is 5.59. The van der Waals surface area contributed by atoms with Crippen LogP contribution in [0, 0.1) is 35.0 Å². The summed E-state index contributed by atoms with van der Waals surface area (Å²) in [5.41, 5.74) is 2.37. The van der Waals surface area contributed by atoms with Crippen LogP contribution >= 0.6 is 0 Å². The molecule has 0 radical (unpaired) electrons. The highest BCUT2D eigenvalue weighted by Gasteiger charge is 2.54. The van der Waals surface area contributed by atoms with E-state index in [0.717, 1.165) is 48.8 Å². The standard InChI is InChI=1S/C24H39NO/c1-3-18-5-9-23-22-7-4-17-16-19(25-12-14-26-15-13-25)6-8-20(17)21(22)10-11-24(18,23)2/h5,17,19-23H,3-4,6-16H2,1-2H3. The molecule has 26 heavy (non-hydrogen) atoms. The molecule has 2 nitrogen and oxygen atoms in total. The zero-order valence-electron chi connectivity index (χ0n) is 17.1. The Labute approximate surface area is 160 Å². The van der Waals surface area contributed by atoms with Crippen molar-refractivity contribution in [2.24, 2.45) is 35.0 Å². The number of hydrogen-bond donors (Lipinski definition) is 0. The number of morpholine rings is 1. The molecule has 5 aliphatic rings. The molecule has 1 aliphatic heterocycles. The minimum atomic E-state index is 0.563. The smallest absolute Gasteiger partial charge is 0.0594 e. The largest absolute Gasteiger partial charge is 0.379 e. The van der Waals surface area contributed by atoms with Gasteiger partial charge in [0, 0.05) is 19.1 Å². The molecule has 4 fully saturated rings. The Bertz CT molecular complexity index is 550. The third-order valence-corrected chi connectivity index (χ3v) is 9.61. The van der Waals surface area contributed by atoms with Crippen molar-refractivity contribution in [1.29, 1.82) is 0 Å². The molecule has 0 amide bonds. The molecule has 0 N–H and O–H groups in total. The Morgan fingerprint density at radius 1 is 1.04 bits per heavy atom. The first kappa shape index (κ1) is 17.7. The average molecular weight is 358 g/mol. The fraction of sp³-hybridized carbons (Fsp3) is 0.917. The Morgan fingerprint density at radius 3 is 2.65 bits per heavy atom. The minimum Gasteiger partial charge on any atom is -0.379 e. The van der Waals surface area contributed by atoms with Gasteiger partial charge in [-0.1, -0.05) is 25.5 Å². The second-order valence-electron chi connectivity index (χ2n) is 10.3. The lowest BCUT2D eigenvalue weighted by molar-refractivity contribution is -0.0656. The van der Waals surface area contributed by atoms with Crippen LogP contribution in [0.15, 0.2) is 11.6 Å². The maximum atomic E-state index is 5.59. The van der Waals surface area contributed by atoms with Crippen molar-refractivity contribution in [3.63, 3.8) is 0 Å². The van der Waals surface area contributed by atoms with E-state index in [9.17, 15) is 0 Å². The molecule has 4 aliphatic carbocycles. The van der Waals surface area contributed by atoms with Gasteiger partial charge in [0.15, 0.2) is 0 Å². The van der Waals surface area contributed by atoms with E-state index in [-0.39, 0.29) is 0 Å². The van der Waals surface area contributed by atoms with E-state index in [4.69, 9.17) is 4.74 Å². The van der Waals surface area contributed by atoms with Crippen LogP contribution in [0.25, 0.3) is 0 Å². The molecule has 3 saturated carbocycles. The van der Waals surface area contributed by atoms with Gasteiger partial charge in [0.25, 0.3) is 0 Å². The monoisotopic (exact) mass is 357 g/mol. The van der Waals surface area contributed by atoms with Crippen molar-refractivity contribution in [1.82, 2.24) is 4.90 Å². The van der Waals surface area contributed by atoms with Crippen molar-refractivity contribution in [2.75, 3.05) is 26.3 Å². The Hall–Kier alpha value is -0.340. The molecule has 5 rings (SSSR count). The molecule has 0 aromatic carbocycles. The molecular formula is C24H39NO. The van der Waals surface area contributed by atoms with Crippen molar-refractivity contribution < 1.29 is 4.74 Å². The fourth-order valence-electron chi connectivity index (χ4n) is 8.31. The number of hydrogen-bond acceptors (Lipinski definition) is 2. The number of rotatable bonds is 2. The molecule has 2 heteroatoms. The van der Waals surface area contributed by atoms with Crippen LogP contribution in [0.2, 0.25) is 0 Å². The second kappa shape index (κ2) is 6.92. The van der Waals surface area contributed by atoms with Gasteiger partial charge in [0.1, 0.15) is 0 Å². The highest BCUT2D eigenvalue weighted by atomic mass is 16.5. The normalized spacial score (nSPS) is 49.1. The number of allylic oxidation sites excluding steroid dienone is 2. The quantitative estimate of drug-likeness (QED) is 0.623. The molecule has 7 atom stereocenters. The predicted molar refractivity (Wildman–Crippen MR) is 107 cm³/mol. The summed E-state index contributed by atoms with van der Waals surface area (Å²) in [5, 5.41) is 0. The highest BCUT2D eigenvalue weighted by molar-refractivity contribution is 5.24. The lowest BCUT2D eigenvalue weighted by Crippen LogP contribution is -2.51. The van der Waals surface area contributed by atoms with Gasteiger partial charge >= 0.3 is 0 Å². The van der Waals surface area contributed by atoms with Crippen LogP contribution < -0.4 is 0 Å². The van der Waals surface area contributed by atoms with Crippen LogP contribution in [0.5, 0.6) is 0 Å². The van der Waals surface area contributed by atoms with Gasteiger partial charge in [-0.2, -0.15) is 0 Å². The first-order valence-corrected chi connectivity index (χ1v) is 11.7. The zero-order valence-corrected chi connectivity index (χ0v) is 17.1. The van der Waals surface area contributed by atoms with E-state index in [1.165, 1.54) is 70.9 Å². The molecule has 1 heterocycles. The van der Waals surface area contributed by atoms with Crippen molar-refractivity contribution in [3.8, 4) is 0 Å². The van der Waals surface area contributed by atoms with Crippen LogP contribution in [0.3, 0.4) is 0 Å². The molecule has 0 aromatic heterocycles. The number of nitrogens with zero attached hydrogens (tertiary/aromatic N) is 1. The first-order valence-electron chi connectivity index (χ1n) is 11.7. The van der Waals surface area contributed by atoms with Crippen LogP contribution in [-0.4, -0.2) is 37.2 Å². The molecule has 0 spiro atoms. The van der Waals surface area contributed by atoms with E-state index in [2.05, 4.69) is 24.8 Å². The van der Waals surface area contributed by atoms with E-state index in [0.29, 0.717) is 5.41 Å². The average Bonchev–Trinajstić information content (AvgIpc) is 3.04. The molecule has 1 saturated heterocycles. The Kier molecular flexibility index (Phi) is 4.72. The van der Waals surface area contributed by atoms with Gasteiger partial charge in [-0.25, -0.2) is 0 Å². The van der Waals surface area contributed by atoms with Crippen LogP contribution in [0.1, 0.15) is 71.6 Å². The topological polar surface area (TPSA) is 12.5 Å². The molecule has 146 valence electrons. The summed E-state index contributed by atoms with van der Waals surface area (Å²) in [4.78, 5) is 2.76. The van der Waals surface area contributed by atoms with Gasteiger partial charge in [0.05, 0.1) is 13.2 Å². The SMILES string of the molecule is CCC1=CCC2C3CCC4CC(N5CCOCC5)CCC4C3CCC12C. The van der Waals surface area contributed by atoms with Crippen LogP contribution in [-0.2, 0) is 4.74 Å². The van der Waals surface area contributed by atoms with Gasteiger partial charge in [-0.05, 0) is 92.8 Å². The van der Waals surface area contributed by atoms with Gasteiger partial charge < -0.3 is 4.74 Å². The van der Waals surface area contributed by atoms with E-state index in [1.807, 2.05) is 0 Å². The zero-order chi connectivity index (χ0) is 17.7. The van der Waals surface area contributed by atoms with E-state index >= 15 is 0 Å². The Balaban J connectivity index is 1.28. The summed E-state index contributed by atoms with van der Waals surface area (Å²) in [6.07, 6.45) is 15.9. The van der Waals surface area contributed by atoms with E-state index in [1.54, 1.807) is 5.57 Å². The number of fused-ring (bicyclic) bond motifs is 5. The lowest BCUT2D eigenvalue weighted by atomic mass is 9.49. The predicted octanol–water partition coefficient (Wildman–Crippen LogP) is 5.29. The minimum absolute atomic E-state index is 0.563.